The van der Waals surface area contributed by atoms with Crippen LogP contribution in [-0.2, 0) is 11.2 Å². The average molecular weight is 441 g/mol. The summed E-state index contributed by atoms with van der Waals surface area (Å²) in [5.74, 6) is 0.0704. The Morgan fingerprint density at radius 1 is 1.12 bits per heavy atom. The molecule has 1 amide bonds. The Balaban J connectivity index is 1.30. The van der Waals surface area contributed by atoms with E-state index < -0.39 is 11.6 Å². The molecule has 1 saturated heterocycles. The number of nitrogens with zero attached hydrogens (tertiary/aromatic N) is 3. The zero-order valence-electron chi connectivity index (χ0n) is 17.9. The normalized spacial score (nSPS) is 14.0. The van der Waals surface area contributed by atoms with Crippen LogP contribution in [-0.4, -0.2) is 48.6 Å². The molecule has 1 aliphatic rings. The smallest absolute Gasteiger partial charge is 0.223 e. The van der Waals surface area contributed by atoms with Crippen LogP contribution < -0.4 is 9.64 Å². The molecule has 0 spiro atoms. The van der Waals surface area contributed by atoms with Gasteiger partial charge in [0.2, 0.25) is 5.91 Å². The van der Waals surface area contributed by atoms with E-state index in [1.807, 2.05) is 36.1 Å². The van der Waals surface area contributed by atoms with Crippen molar-refractivity contribution in [3.8, 4) is 17.1 Å². The lowest BCUT2D eigenvalue weighted by Crippen LogP contribution is -2.49. The summed E-state index contributed by atoms with van der Waals surface area (Å²) in [4.78, 5) is 20.9. The van der Waals surface area contributed by atoms with Gasteiger partial charge in [0.25, 0.3) is 0 Å². The second kappa shape index (κ2) is 9.80. The zero-order valence-corrected chi connectivity index (χ0v) is 17.9. The zero-order chi connectivity index (χ0) is 22.5. The maximum Gasteiger partial charge on any atom is 0.223 e. The van der Waals surface area contributed by atoms with Crippen molar-refractivity contribution in [1.29, 1.82) is 0 Å². The fraction of sp³-hybridized carbons (Fsp3) is 0.333. The Kier molecular flexibility index (Phi) is 6.68. The number of ether oxygens (including phenoxy) is 1. The minimum Gasteiger partial charge on any atom is -0.492 e. The molecule has 168 valence electrons. The number of carbonyl (C=O) groups is 1. The van der Waals surface area contributed by atoms with E-state index in [1.54, 1.807) is 0 Å². The van der Waals surface area contributed by atoms with Crippen molar-refractivity contribution in [2.45, 2.75) is 19.8 Å². The van der Waals surface area contributed by atoms with Gasteiger partial charge in [-0.1, -0.05) is 12.1 Å². The molecule has 3 aromatic rings. The van der Waals surface area contributed by atoms with E-state index in [9.17, 15) is 13.6 Å². The maximum absolute atomic E-state index is 13.9. The molecule has 0 radical (unpaired) electrons. The fourth-order valence-electron chi connectivity index (χ4n) is 3.80. The number of halogens is 2. The molecule has 0 aliphatic carbocycles. The van der Waals surface area contributed by atoms with Gasteiger partial charge in [-0.3, -0.25) is 4.79 Å². The molecule has 0 unspecified atom stereocenters. The molecule has 0 N–H and O–H groups in total. The standard InChI is InChI=1S/C24H25F2N3O3/c1-2-31-21-6-4-3-5-20(21)28-11-13-29(14-12-28)24(30)10-9-23-27-16-22(32-23)18-8-7-17(25)15-19(18)26/h3-8,15-16H,2,9-14H2,1H3. The average Bonchev–Trinajstić information content (AvgIpc) is 3.27. The molecule has 32 heavy (non-hydrogen) atoms. The van der Waals surface area contributed by atoms with Gasteiger partial charge in [-0.25, -0.2) is 13.8 Å². The Labute approximate surface area is 185 Å². The lowest BCUT2D eigenvalue weighted by molar-refractivity contribution is -0.131. The van der Waals surface area contributed by atoms with E-state index in [-0.39, 0.29) is 23.7 Å². The number of para-hydroxylation sites is 2. The van der Waals surface area contributed by atoms with Crippen molar-refractivity contribution in [3.63, 3.8) is 0 Å². The molecule has 8 heteroatoms. The van der Waals surface area contributed by atoms with Crippen molar-refractivity contribution in [2.75, 3.05) is 37.7 Å². The molecule has 1 aromatic heterocycles. The first kappa shape index (κ1) is 21.8. The van der Waals surface area contributed by atoms with Gasteiger partial charge >= 0.3 is 0 Å². The number of hydrogen-bond donors (Lipinski definition) is 0. The van der Waals surface area contributed by atoms with Crippen LogP contribution in [0.1, 0.15) is 19.2 Å². The number of carbonyl (C=O) groups excluding carboxylic acids is 1. The first-order valence-corrected chi connectivity index (χ1v) is 10.7. The number of anilines is 1. The second-order valence-electron chi connectivity index (χ2n) is 7.51. The molecule has 2 heterocycles. The minimum atomic E-state index is -0.715. The summed E-state index contributed by atoms with van der Waals surface area (Å²) >= 11 is 0. The Morgan fingerprint density at radius 3 is 2.66 bits per heavy atom. The van der Waals surface area contributed by atoms with Gasteiger partial charge in [0.1, 0.15) is 17.4 Å². The highest BCUT2D eigenvalue weighted by atomic mass is 19.1. The van der Waals surface area contributed by atoms with Crippen molar-refractivity contribution in [1.82, 2.24) is 9.88 Å². The highest BCUT2D eigenvalue weighted by Gasteiger charge is 2.23. The number of piperazine rings is 1. The largest absolute Gasteiger partial charge is 0.492 e. The van der Waals surface area contributed by atoms with Crippen molar-refractivity contribution >= 4 is 11.6 Å². The van der Waals surface area contributed by atoms with Crippen LogP contribution in [0.25, 0.3) is 11.3 Å². The lowest BCUT2D eigenvalue weighted by Gasteiger charge is -2.36. The SMILES string of the molecule is CCOc1ccccc1N1CCN(C(=O)CCc2ncc(-c3ccc(F)cc3F)o2)CC1. The number of benzene rings is 2. The third kappa shape index (κ3) is 4.90. The predicted octanol–water partition coefficient (Wildman–Crippen LogP) is 4.30. The summed E-state index contributed by atoms with van der Waals surface area (Å²) in [5, 5.41) is 0. The lowest BCUT2D eigenvalue weighted by atomic mass is 10.2. The number of rotatable bonds is 7. The number of amides is 1. The molecule has 1 fully saturated rings. The Morgan fingerprint density at radius 2 is 1.91 bits per heavy atom. The van der Waals surface area contributed by atoms with E-state index in [4.69, 9.17) is 9.15 Å². The number of hydrogen-bond acceptors (Lipinski definition) is 5. The highest BCUT2D eigenvalue weighted by molar-refractivity contribution is 5.76. The summed E-state index contributed by atoms with van der Waals surface area (Å²) in [7, 11) is 0. The third-order valence-corrected chi connectivity index (χ3v) is 5.44. The third-order valence-electron chi connectivity index (χ3n) is 5.44. The van der Waals surface area contributed by atoms with Gasteiger partial charge in [-0.05, 0) is 31.2 Å². The number of aryl methyl sites for hydroxylation is 1. The van der Waals surface area contributed by atoms with Gasteiger partial charge in [0.05, 0.1) is 24.1 Å². The molecular formula is C24H25F2N3O3. The number of oxazole rings is 1. The van der Waals surface area contributed by atoms with Gasteiger partial charge in [0, 0.05) is 45.1 Å². The van der Waals surface area contributed by atoms with E-state index in [1.165, 1.54) is 12.3 Å². The van der Waals surface area contributed by atoms with E-state index in [2.05, 4.69) is 9.88 Å². The monoisotopic (exact) mass is 441 g/mol. The topological polar surface area (TPSA) is 58.8 Å². The predicted molar refractivity (Wildman–Crippen MR) is 117 cm³/mol. The summed E-state index contributed by atoms with van der Waals surface area (Å²) in [5.41, 5.74) is 1.18. The van der Waals surface area contributed by atoms with E-state index in [0.29, 0.717) is 32.0 Å². The molecule has 1 aliphatic heterocycles. The van der Waals surface area contributed by atoms with Gasteiger partial charge < -0.3 is 19.0 Å². The van der Waals surface area contributed by atoms with E-state index >= 15 is 0 Å². The Bertz CT molecular complexity index is 1080. The molecule has 6 nitrogen and oxygen atoms in total. The van der Waals surface area contributed by atoms with E-state index in [0.717, 1.165) is 36.7 Å². The van der Waals surface area contributed by atoms with Crippen molar-refractivity contribution < 1.29 is 22.7 Å². The first-order chi connectivity index (χ1) is 15.5. The molecule has 0 saturated carbocycles. The van der Waals surface area contributed by atoms with Gasteiger partial charge in [-0.15, -0.1) is 0 Å². The first-order valence-electron chi connectivity index (χ1n) is 10.7. The van der Waals surface area contributed by atoms with Gasteiger partial charge in [0.15, 0.2) is 11.7 Å². The van der Waals surface area contributed by atoms with Crippen LogP contribution in [0.15, 0.2) is 53.1 Å². The molecule has 0 atom stereocenters. The summed E-state index contributed by atoms with van der Waals surface area (Å²) in [6, 6.07) is 11.2. The van der Waals surface area contributed by atoms with Crippen LogP contribution >= 0.6 is 0 Å². The Hall–Kier alpha value is -3.42. The summed E-state index contributed by atoms with van der Waals surface area (Å²) < 4.78 is 38.3. The second-order valence-corrected chi connectivity index (χ2v) is 7.51. The highest BCUT2D eigenvalue weighted by Crippen LogP contribution is 2.29. The number of aromatic nitrogens is 1. The maximum atomic E-state index is 13.9. The molecule has 0 bridgehead atoms. The summed E-state index contributed by atoms with van der Waals surface area (Å²) in [6.45, 7) is 5.26. The van der Waals surface area contributed by atoms with Crippen LogP contribution in [0.2, 0.25) is 0 Å². The minimum absolute atomic E-state index is 0.0236. The van der Waals surface area contributed by atoms with Crippen molar-refractivity contribution in [3.05, 3.63) is 66.2 Å². The van der Waals surface area contributed by atoms with Crippen LogP contribution in [0, 0.1) is 11.6 Å². The summed E-state index contributed by atoms with van der Waals surface area (Å²) in [6.07, 6.45) is 1.96. The molecular weight excluding hydrogens is 416 g/mol. The van der Waals surface area contributed by atoms with Crippen molar-refractivity contribution in [2.24, 2.45) is 0 Å². The van der Waals surface area contributed by atoms with Crippen LogP contribution in [0.4, 0.5) is 14.5 Å². The van der Waals surface area contributed by atoms with Crippen LogP contribution in [0.3, 0.4) is 0 Å². The molecule has 2 aromatic carbocycles. The fourth-order valence-corrected chi connectivity index (χ4v) is 3.80. The molecule has 4 rings (SSSR count). The van der Waals surface area contributed by atoms with Gasteiger partial charge in [-0.2, -0.15) is 0 Å². The quantitative estimate of drug-likeness (QED) is 0.547. The van der Waals surface area contributed by atoms with Crippen LogP contribution in [0.5, 0.6) is 5.75 Å².